The third kappa shape index (κ3) is 1.81. The smallest absolute Gasteiger partial charge is 0.105 e. The van der Waals surface area contributed by atoms with Gasteiger partial charge in [0.15, 0.2) is 0 Å². The van der Waals surface area contributed by atoms with Crippen LogP contribution in [0.1, 0.15) is 11.1 Å². The first-order chi connectivity index (χ1) is 6.17. The molecule has 0 spiro atoms. The Morgan fingerprint density at radius 3 is 2.77 bits per heavy atom. The van der Waals surface area contributed by atoms with Crippen LogP contribution >= 0.6 is 0 Å². The maximum Gasteiger partial charge on any atom is 0.105 e. The van der Waals surface area contributed by atoms with E-state index in [1.807, 2.05) is 0 Å². The second-order valence-corrected chi connectivity index (χ2v) is 4.38. The number of likely N-dealkylation sites (N-methyl/N-ethyl adjacent to an activating group) is 1. The highest BCUT2D eigenvalue weighted by Crippen LogP contribution is 2.19. The molecule has 0 saturated carbocycles. The van der Waals surface area contributed by atoms with Gasteiger partial charge in [0.05, 0.1) is 20.6 Å². The number of nitrogens with zero attached hydrogens (tertiary/aromatic N) is 1. The molecule has 1 heteroatoms. The van der Waals surface area contributed by atoms with E-state index in [4.69, 9.17) is 0 Å². The van der Waals surface area contributed by atoms with Crippen molar-refractivity contribution in [3.8, 4) is 0 Å². The van der Waals surface area contributed by atoms with Gasteiger partial charge >= 0.3 is 0 Å². The van der Waals surface area contributed by atoms with E-state index in [0.29, 0.717) is 0 Å². The standard InChI is InChI=1S/C12H16N/c1-13(2)9-5-8-11-6-3-4-7-12(11)10-13/h3-8H,9-10H2,1-2H3/q+1. The number of fused-ring (bicyclic) bond motifs is 1. The fraction of sp³-hybridized carbons (Fsp3) is 0.333. The van der Waals surface area contributed by atoms with Crippen molar-refractivity contribution in [2.24, 2.45) is 0 Å². The Morgan fingerprint density at radius 1 is 1.15 bits per heavy atom. The van der Waals surface area contributed by atoms with E-state index in [9.17, 15) is 0 Å². The summed E-state index contributed by atoms with van der Waals surface area (Å²) in [6, 6.07) is 8.65. The highest BCUT2D eigenvalue weighted by Gasteiger charge is 2.17. The van der Waals surface area contributed by atoms with E-state index in [-0.39, 0.29) is 0 Å². The topological polar surface area (TPSA) is 0 Å². The monoisotopic (exact) mass is 174 g/mol. The van der Waals surface area contributed by atoms with Crippen LogP contribution < -0.4 is 0 Å². The minimum Gasteiger partial charge on any atom is -0.321 e. The predicted octanol–water partition coefficient (Wildman–Crippen LogP) is 2.29. The van der Waals surface area contributed by atoms with Crippen LogP contribution in [0.2, 0.25) is 0 Å². The summed E-state index contributed by atoms with van der Waals surface area (Å²) in [5.41, 5.74) is 2.84. The molecule has 1 aliphatic heterocycles. The molecule has 0 bridgehead atoms. The molecule has 0 saturated heterocycles. The first kappa shape index (κ1) is 8.52. The van der Waals surface area contributed by atoms with Gasteiger partial charge in [0.1, 0.15) is 6.54 Å². The fourth-order valence-corrected chi connectivity index (χ4v) is 1.83. The van der Waals surface area contributed by atoms with E-state index in [1.54, 1.807) is 0 Å². The van der Waals surface area contributed by atoms with Crippen molar-refractivity contribution in [2.45, 2.75) is 6.54 Å². The molecule has 0 atom stereocenters. The summed E-state index contributed by atoms with van der Waals surface area (Å²) < 4.78 is 1.05. The van der Waals surface area contributed by atoms with Gasteiger partial charge in [-0.2, -0.15) is 0 Å². The molecule has 0 aliphatic carbocycles. The summed E-state index contributed by atoms with van der Waals surface area (Å²) in [5.74, 6) is 0. The van der Waals surface area contributed by atoms with E-state index in [2.05, 4.69) is 50.5 Å². The number of benzene rings is 1. The summed E-state index contributed by atoms with van der Waals surface area (Å²) in [4.78, 5) is 0. The lowest BCUT2D eigenvalue weighted by Crippen LogP contribution is -2.38. The molecule has 0 amide bonds. The number of hydrogen-bond donors (Lipinski definition) is 0. The SMILES string of the molecule is C[N+]1(C)CC=Cc2ccccc2C1. The van der Waals surface area contributed by atoms with Crippen LogP contribution in [0, 0.1) is 0 Å². The third-order valence-corrected chi connectivity index (χ3v) is 2.55. The molecule has 1 heterocycles. The Kier molecular flexibility index (Phi) is 1.97. The van der Waals surface area contributed by atoms with Gasteiger partial charge in [-0.3, -0.25) is 0 Å². The van der Waals surface area contributed by atoms with Gasteiger partial charge in [-0.15, -0.1) is 0 Å². The second kappa shape index (κ2) is 3.00. The third-order valence-electron chi connectivity index (χ3n) is 2.55. The molecular formula is C12H16N+. The highest BCUT2D eigenvalue weighted by molar-refractivity contribution is 5.54. The molecule has 13 heavy (non-hydrogen) atoms. The number of rotatable bonds is 0. The van der Waals surface area contributed by atoms with Crippen molar-refractivity contribution in [1.29, 1.82) is 0 Å². The Bertz CT molecular complexity index is 337. The molecule has 0 N–H and O–H groups in total. The number of hydrogen-bond acceptors (Lipinski definition) is 0. The molecular weight excluding hydrogens is 158 g/mol. The quantitative estimate of drug-likeness (QED) is 0.529. The Balaban J connectivity index is 2.43. The molecule has 0 unspecified atom stereocenters. The minimum absolute atomic E-state index is 1.05. The van der Waals surface area contributed by atoms with Gasteiger partial charge in [-0.1, -0.05) is 30.3 Å². The summed E-state index contributed by atoms with van der Waals surface area (Å²) >= 11 is 0. The minimum atomic E-state index is 1.05. The van der Waals surface area contributed by atoms with Crippen LogP contribution in [-0.2, 0) is 6.54 Å². The summed E-state index contributed by atoms with van der Waals surface area (Å²) in [6.07, 6.45) is 4.51. The summed E-state index contributed by atoms with van der Waals surface area (Å²) in [5, 5.41) is 0. The normalized spacial score (nSPS) is 19.2. The van der Waals surface area contributed by atoms with Crippen LogP contribution in [0.15, 0.2) is 30.3 Å². The Hall–Kier alpha value is -1.08. The highest BCUT2D eigenvalue weighted by atomic mass is 15.3. The van der Waals surface area contributed by atoms with Crippen LogP contribution in [0.4, 0.5) is 0 Å². The van der Waals surface area contributed by atoms with Gasteiger partial charge in [-0.25, -0.2) is 0 Å². The Labute approximate surface area is 79.9 Å². The molecule has 1 aliphatic rings. The molecule has 0 radical (unpaired) electrons. The van der Waals surface area contributed by atoms with Crippen molar-refractivity contribution in [3.05, 3.63) is 41.5 Å². The predicted molar refractivity (Wildman–Crippen MR) is 56.2 cm³/mol. The van der Waals surface area contributed by atoms with Crippen LogP contribution in [0.25, 0.3) is 6.08 Å². The maximum absolute atomic E-state index is 2.27. The van der Waals surface area contributed by atoms with Crippen molar-refractivity contribution in [3.63, 3.8) is 0 Å². The lowest BCUT2D eigenvalue weighted by atomic mass is 10.1. The van der Waals surface area contributed by atoms with E-state index in [0.717, 1.165) is 17.6 Å². The van der Waals surface area contributed by atoms with Crippen LogP contribution in [0.5, 0.6) is 0 Å². The van der Waals surface area contributed by atoms with Crippen LogP contribution in [-0.4, -0.2) is 25.1 Å². The van der Waals surface area contributed by atoms with Crippen molar-refractivity contribution in [2.75, 3.05) is 20.6 Å². The van der Waals surface area contributed by atoms with Gasteiger partial charge in [0.25, 0.3) is 0 Å². The van der Waals surface area contributed by atoms with Crippen molar-refractivity contribution < 1.29 is 4.48 Å². The second-order valence-electron chi connectivity index (χ2n) is 4.38. The average molecular weight is 174 g/mol. The average Bonchev–Trinajstić information content (AvgIpc) is 2.21. The molecule has 1 aromatic rings. The molecule has 68 valence electrons. The number of quaternary nitrogens is 1. The summed E-state index contributed by atoms with van der Waals surface area (Å²) in [7, 11) is 4.54. The van der Waals surface area contributed by atoms with Crippen molar-refractivity contribution in [1.82, 2.24) is 0 Å². The Morgan fingerprint density at radius 2 is 1.92 bits per heavy atom. The zero-order valence-corrected chi connectivity index (χ0v) is 8.33. The van der Waals surface area contributed by atoms with Gasteiger partial charge < -0.3 is 4.48 Å². The van der Waals surface area contributed by atoms with Gasteiger partial charge in [0.2, 0.25) is 0 Å². The van der Waals surface area contributed by atoms with Crippen LogP contribution in [0.3, 0.4) is 0 Å². The lowest BCUT2D eigenvalue weighted by Gasteiger charge is -2.27. The lowest BCUT2D eigenvalue weighted by molar-refractivity contribution is -0.897. The summed E-state index contributed by atoms with van der Waals surface area (Å²) in [6.45, 7) is 2.25. The zero-order chi connectivity index (χ0) is 9.31. The first-order valence-corrected chi connectivity index (χ1v) is 4.74. The molecule has 0 fully saturated rings. The largest absolute Gasteiger partial charge is 0.321 e. The molecule has 2 rings (SSSR count). The van der Waals surface area contributed by atoms with E-state index < -0.39 is 0 Å². The molecule has 0 aromatic heterocycles. The van der Waals surface area contributed by atoms with Gasteiger partial charge in [0, 0.05) is 5.56 Å². The zero-order valence-electron chi connectivity index (χ0n) is 8.33. The molecule has 1 nitrogen and oxygen atoms in total. The van der Waals surface area contributed by atoms with Crippen molar-refractivity contribution >= 4 is 6.08 Å². The van der Waals surface area contributed by atoms with Gasteiger partial charge in [-0.05, 0) is 11.6 Å². The fourth-order valence-electron chi connectivity index (χ4n) is 1.83. The van der Waals surface area contributed by atoms with E-state index >= 15 is 0 Å². The maximum atomic E-state index is 2.27. The molecule has 1 aromatic carbocycles. The van der Waals surface area contributed by atoms with E-state index in [1.165, 1.54) is 11.1 Å². The first-order valence-electron chi connectivity index (χ1n) is 4.74.